The van der Waals surface area contributed by atoms with E-state index in [0.29, 0.717) is 29.0 Å². The molecule has 25 heavy (non-hydrogen) atoms. The van der Waals surface area contributed by atoms with Gasteiger partial charge < -0.3 is 14.3 Å². The van der Waals surface area contributed by atoms with Crippen LogP contribution < -0.4 is 10.3 Å². The molecule has 0 fully saturated rings. The molecule has 0 unspecified atom stereocenters. The van der Waals surface area contributed by atoms with Crippen LogP contribution in [0.25, 0.3) is 16.6 Å². The minimum absolute atomic E-state index is 0.190. The Labute approximate surface area is 143 Å². The van der Waals surface area contributed by atoms with Gasteiger partial charge in [-0.3, -0.25) is 4.79 Å². The number of H-pyrrole nitrogens is 1. The second-order valence-electron chi connectivity index (χ2n) is 5.69. The molecule has 0 radical (unpaired) electrons. The summed E-state index contributed by atoms with van der Waals surface area (Å²) in [7, 11) is 1.52. The van der Waals surface area contributed by atoms with Gasteiger partial charge in [0.15, 0.2) is 0 Å². The Morgan fingerprint density at radius 1 is 1.16 bits per heavy atom. The molecule has 1 N–H and O–H groups in total. The van der Waals surface area contributed by atoms with Gasteiger partial charge in [0.1, 0.15) is 5.82 Å². The summed E-state index contributed by atoms with van der Waals surface area (Å²) in [5.41, 5.74) is 2.53. The van der Waals surface area contributed by atoms with Gasteiger partial charge in [0, 0.05) is 30.6 Å². The van der Waals surface area contributed by atoms with Gasteiger partial charge in [0.25, 0.3) is 5.56 Å². The Bertz CT molecular complexity index is 1070. The number of benzene rings is 1. The van der Waals surface area contributed by atoms with Crippen molar-refractivity contribution in [3.63, 3.8) is 0 Å². The zero-order valence-electron chi connectivity index (χ0n) is 13.6. The molecule has 0 amide bonds. The van der Waals surface area contributed by atoms with Crippen molar-refractivity contribution in [1.29, 1.82) is 0 Å². The normalized spacial score (nSPS) is 10.9. The molecule has 0 saturated heterocycles. The third-order valence-corrected chi connectivity index (χ3v) is 4.04. The Balaban J connectivity index is 1.63. The lowest BCUT2D eigenvalue weighted by Crippen LogP contribution is -2.12. The van der Waals surface area contributed by atoms with E-state index in [1.807, 2.05) is 53.4 Å². The smallest absolute Gasteiger partial charge is 0.259 e. The van der Waals surface area contributed by atoms with Crippen molar-refractivity contribution in [3.05, 3.63) is 82.8 Å². The van der Waals surface area contributed by atoms with Crippen molar-refractivity contribution in [2.45, 2.75) is 6.42 Å². The van der Waals surface area contributed by atoms with E-state index in [-0.39, 0.29) is 5.56 Å². The summed E-state index contributed by atoms with van der Waals surface area (Å²) in [6.45, 7) is 0. The number of aromatic nitrogens is 4. The van der Waals surface area contributed by atoms with Crippen molar-refractivity contribution in [3.8, 4) is 11.6 Å². The van der Waals surface area contributed by atoms with Crippen molar-refractivity contribution in [2.75, 3.05) is 7.11 Å². The number of rotatable bonds is 4. The quantitative estimate of drug-likeness (QED) is 0.624. The van der Waals surface area contributed by atoms with Crippen LogP contribution in [0.5, 0.6) is 5.88 Å². The highest BCUT2D eigenvalue weighted by atomic mass is 16.5. The highest BCUT2D eigenvalue weighted by Gasteiger charge is 2.07. The van der Waals surface area contributed by atoms with Crippen LogP contribution >= 0.6 is 0 Å². The molecule has 0 spiro atoms. The summed E-state index contributed by atoms with van der Waals surface area (Å²) >= 11 is 0. The molecule has 0 aliphatic heterocycles. The molecule has 124 valence electrons. The number of aromatic amines is 1. The average Bonchev–Trinajstić information content (AvgIpc) is 3.17. The summed E-state index contributed by atoms with van der Waals surface area (Å²) in [4.78, 5) is 23.7. The first-order valence-electron chi connectivity index (χ1n) is 7.88. The summed E-state index contributed by atoms with van der Waals surface area (Å²) < 4.78 is 7.09. The van der Waals surface area contributed by atoms with Gasteiger partial charge in [-0.05, 0) is 29.8 Å². The van der Waals surface area contributed by atoms with Crippen LogP contribution in [-0.4, -0.2) is 26.6 Å². The molecule has 0 bridgehead atoms. The zero-order valence-corrected chi connectivity index (χ0v) is 13.6. The van der Waals surface area contributed by atoms with Crippen LogP contribution in [-0.2, 0) is 6.42 Å². The Hall–Kier alpha value is -3.41. The maximum absolute atomic E-state index is 12.3. The zero-order chi connectivity index (χ0) is 17.2. The largest absolute Gasteiger partial charge is 0.481 e. The number of methoxy groups -OCH3 is 1. The van der Waals surface area contributed by atoms with Crippen LogP contribution in [0.15, 0.2) is 65.8 Å². The van der Waals surface area contributed by atoms with E-state index in [1.165, 1.54) is 7.11 Å². The first-order chi connectivity index (χ1) is 12.2. The number of nitrogens with one attached hydrogen (secondary N) is 1. The lowest BCUT2D eigenvalue weighted by atomic mass is 10.1. The van der Waals surface area contributed by atoms with Crippen molar-refractivity contribution < 1.29 is 4.74 Å². The molecule has 0 aliphatic rings. The fourth-order valence-electron chi connectivity index (χ4n) is 2.75. The number of hydrogen-bond donors (Lipinski definition) is 1. The molecule has 6 nitrogen and oxygen atoms in total. The third-order valence-electron chi connectivity index (χ3n) is 4.04. The van der Waals surface area contributed by atoms with Crippen LogP contribution in [0.4, 0.5) is 0 Å². The Kier molecular flexibility index (Phi) is 3.78. The highest BCUT2D eigenvalue weighted by Crippen LogP contribution is 2.15. The van der Waals surface area contributed by atoms with E-state index in [0.717, 1.165) is 11.3 Å². The van der Waals surface area contributed by atoms with Gasteiger partial charge in [0.2, 0.25) is 5.88 Å². The van der Waals surface area contributed by atoms with Crippen LogP contribution in [0.1, 0.15) is 11.4 Å². The second-order valence-corrected chi connectivity index (χ2v) is 5.69. The number of hydrogen-bond acceptors (Lipinski definition) is 4. The van der Waals surface area contributed by atoms with Crippen LogP contribution in [0, 0.1) is 0 Å². The summed E-state index contributed by atoms with van der Waals surface area (Å²) in [6.07, 6.45) is 6.10. The van der Waals surface area contributed by atoms with Gasteiger partial charge in [-0.15, -0.1) is 0 Å². The third kappa shape index (κ3) is 3.01. The summed E-state index contributed by atoms with van der Waals surface area (Å²) in [6, 6.07) is 13.7. The first kappa shape index (κ1) is 15.1. The van der Waals surface area contributed by atoms with E-state index in [9.17, 15) is 4.79 Å². The molecule has 0 saturated carbocycles. The van der Waals surface area contributed by atoms with Crippen LogP contribution in [0.3, 0.4) is 0 Å². The SMILES string of the molecule is COc1cc2c(=O)[nH]c(Cc3ccc(-n4cccc4)cc3)nc2cn1. The van der Waals surface area contributed by atoms with Crippen molar-refractivity contribution in [1.82, 2.24) is 19.5 Å². The molecule has 3 heterocycles. The second kappa shape index (κ2) is 6.24. The molecular formula is C19H16N4O2. The van der Waals surface area contributed by atoms with Crippen molar-refractivity contribution >= 4 is 10.9 Å². The van der Waals surface area contributed by atoms with Crippen LogP contribution in [0.2, 0.25) is 0 Å². The number of ether oxygens (including phenoxy) is 1. The predicted octanol–water partition coefficient (Wildman–Crippen LogP) is 2.71. The number of fused-ring (bicyclic) bond motifs is 1. The van der Waals surface area contributed by atoms with Gasteiger partial charge in [-0.25, -0.2) is 9.97 Å². The van der Waals surface area contributed by atoms with E-state index in [4.69, 9.17) is 4.74 Å². The molecule has 0 atom stereocenters. The average molecular weight is 332 g/mol. The Morgan fingerprint density at radius 3 is 2.64 bits per heavy atom. The number of nitrogens with zero attached hydrogens (tertiary/aromatic N) is 3. The fourth-order valence-corrected chi connectivity index (χ4v) is 2.75. The Morgan fingerprint density at radius 2 is 1.92 bits per heavy atom. The maximum Gasteiger partial charge on any atom is 0.259 e. The lowest BCUT2D eigenvalue weighted by molar-refractivity contribution is 0.398. The van der Waals surface area contributed by atoms with Gasteiger partial charge >= 0.3 is 0 Å². The lowest BCUT2D eigenvalue weighted by Gasteiger charge is -2.06. The fraction of sp³-hybridized carbons (Fsp3) is 0.105. The number of pyridine rings is 1. The molecule has 1 aromatic carbocycles. The molecular weight excluding hydrogens is 316 g/mol. The molecule has 6 heteroatoms. The minimum atomic E-state index is -0.190. The van der Waals surface area contributed by atoms with Gasteiger partial charge in [-0.2, -0.15) is 0 Å². The van der Waals surface area contributed by atoms with Gasteiger partial charge in [-0.1, -0.05) is 12.1 Å². The van der Waals surface area contributed by atoms with E-state index in [2.05, 4.69) is 15.0 Å². The first-order valence-corrected chi connectivity index (χ1v) is 7.88. The molecule has 4 rings (SSSR count). The van der Waals surface area contributed by atoms with Crippen molar-refractivity contribution in [2.24, 2.45) is 0 Å². The summed E-state index contributed by atoms with van der Waals surface area (Å²) in [5.74, 6) is 1.01. The topological polar surface area (TPSA) is 72.8 Å². The molecule has 3 aromatic heterocycles. The minimum Gasteiger partial charge on any atom is -0.481 e. The van der Waals surface area contributed by atoms with E-state index >= 15 is 0 Å². The molecule has 4 aromatic rings. The monoisotopic (exact) mass is 332 g/mol. The highest BCUT2D eigenvalue weighted by molar-refractivity contribution is 5.77. The molecule has 0 aliphatic carbocycles. The summed E-state index contributed by atoms with van der Waals surface area (Å²) in [5, 5.41) is 0.471. The predicted molar refractivity (Wildman–Crippen MR) is 95.3 cm³/mol. The standard InChI is InChI=1S/C19H16N4O2/c1-25-18-11-15-16(12-20-18)21-17(22-19(15)24)10-13-4-6-14(7-5-13)23-8-2-3-9-23/h2-9,11-12H,10H2,1H3,(H,21,22,24). The van der Waals surface area contributed by atoms with Gasteiger partial charge in [0.05, 0.1) is 24.2 Å². The van der Waals surface area contributed by atoms with E-state index < -0.39 is 0 Å². The maximum atomic E-state index is 12.3. The van der Waals surface area contributed by atoms with E-state index in [1.54, 1.807) is 12.3 Å².